The van der Waals surface area contributed by atoms with Crippen molar-refractivity contribution < 1.29 is 9.53 Å². The maximum Gasteiger partial charge on any atom is 0.239 e. The zero-order chi connectivity index (χ0) is 21.8. The molecule has 0 spiro atoms. The number of amides is 1. The van der Waals surface area contributed by atoms with Crippen LogP contribution in [0.5, 0.6) is 0 Å². The van der Waals surface area contributed by atoms with E-state index in [1.165, 1.54) is 11.1 Å². The first-order valence-electron chi connectivity index (χ1n) is 11.3. The molecule has 0 bridgehead atoms. The van der Waals surface area contributed by atoms with Gasteiger partial charge in [-0.05, 0) is 44.4 Å². The number of aromatic nitrogens is 1. The quantitative estimate of drug-likeness (QED) is 0.687. The summed E-state index contributed by atoms with van der Waals surface area (Å²) in [5.41, 5.74) is 3.80. The number of nitrogens with zero attached hydrogens (tertiary/aromatic N) is 4. The summed E-state index contributed by atoms with van der Waals surface area (Å²) in [5, 5.41) is 3.18. The van der Waals surface area contributed by atoms with Gasteiger partial charge in [0.2, 0.25) is 5.91 Å². The van der Waals surface area contributed by atoms with Crippen LogP contribution >= 0.6 is 11.3 Å². The van der Waals surface area contributed by atoms with Crippen molar-refractivity contribution in [1.82, 2.24) is 19.7 Å². The first-order valence-corrected chi connectivity index (χ1v) is 12.2. The van der Waals surface area contributed by atoms with Gasteiger partial charge in [0.05, 0.1) is 11.7 Å². The number of thiazole rings is 1. The molecular formula is C24H34N4O2S. The molecule has 2 aliphatic rings. The van der Waals surface area contributed by atoms with E-state index in [1.807, 2.05) is 11.8 Å². The van der Waals surface area contributed by atoms with Crippen LogP contribution in [0.3, 0.4) is 0 Å². The summed E-state index contributed by atoms with van der Waals surface area (Å²) >= 11 is 1.67. The lowest BCUT2D eigenvalue weighted by Gasteiger charge is -2.34. The van der Waals surface area contributed by atoms with Gasteiger partial charge in [-0.25, -0.2) is 4.98 Å². The fourth-order valence-electron chi connectivity index (χ4n) is 4.55. The standard InChI is InChI=1S/C24H34N4O2S/c1-18(24(29)28-12-9-20-7-4-5-8-21(20)15-28)27-11-6-10-26(13-14-27)16-22-17-31-23(25-22)19(2)30-3/h4-5,7-8,17-19H,6,9-16H2,1-3H3. The lowest BCUT2D eigenvalue weighted by molar-refractivity contribution is -0.137. The maximum atomic E-state index is 13.2. The molecule has 0 radical (unpaired) electrons. The molecule has 31 heavy (non-hydrogen) atoms. The summed E-state index contributed by atoms with van der Waals surface area (Å²) in [6.07, 6.45) is 2.08. The molecule has 2 aliphatic heterocycles. The van der Waals surface area contributed by atoms with Gasteiger partial charge in [-0.1, -0.05) is 24.3 Å². The van der Waals surface area contributed by atoms with Crippen molar-refractivity contribution in [3.63, 3.8) is 0 Å². The van der Waals surface area contributed by atoms with E-state index < -0.39 is 0 Å². The fourth-order valence-corrected chi connectivity index (χ4v) is 5.39. The fraction of sp³-hybridized carbons (Fsp3) is 0.583. The molecule has 2 aromatic rings. The summed E-state index contributed by atoms with van der Waals surface area (Å²) in [6.45, 7) is 10.4. The van der Waals surface area contributed by atoms with Crippen LogP contribution in [0.15, 0.2) is 29.6 Å². The topological polar surface area (TPSA) is 48.9 Å². The van der Waals surface area contributed by atoms with Gasteiger partial charge in [-0.15, -0.1) is 11.3 Å². The normalized spacial score (nSPS) is 20.2. The second-order valence-electron chi connectivity index (χ2n) is 8.68. The van der Waals surface area contributed by atoms with Gasteiger partial charge in [0.25, 0.3) is 0 Å². The summed E-state index contributed by atoms with van der Waals surface area (Å²) in [5.74, 6) is 0.264. The molecule has 2 atom stereocenters. The van der Waals surface area contributed by atoms with Crippen LogP contribution < -0.4 is 0 Å². The van der Waals surface area contributed by atoms with E-state index in [2.05, 4.69) is 46.4 Å². The van der Waals surface area contributed by atoms with Crippen LogP contribution in [-0.2, 0) is 29.0 Å². The van der Waals surface area contributed by atoms with Gasteiger partial charge in [-0.3, -0.25) is 14.6 Å². The van der Waals surface area contributed by atoms with Crippen LogP contribution in [0.4, 0.5) is 0 Å². The Bertz CT molecular complexity index is 886. The molecule has 2 unspecified atom stereocenters. The van der Waals surface area contributed by atoms with Gasteiger partial charge in [0.1, 0.15) is 11.1 Å². The van der Waals surface area contributed by atoms with Gasteiger partial charge in [-0.2, -0.15) is 0 Å². The van der Waals surface area contributed by atoms with E-state index in [9.17, 15) is 4.79 Å². The summed E-state index contributed by atoms with van der Waals surface area (Å²) in [7, 11) is 1.72. The average Bonchev–Trinajstić information content (AvgIpc) is 3.15. The monoisotopic (exact) mass is 442 g/mol. The molecule has 1 fully saturated rings. The molecule has 6 nitrogen and oxygen atoms in total. The van der Waals surface area contributed by atoms with Gasteiger partial charge in [0, 0.05) is 51.8 Å². The molecule has 1 aromatic carbocycles. The van der Waals surface area contributed by atoms with Crippen LogP contribution in [-0.4, -0.2) is 71.5 Å². The Kier molecular flexibility index (Phi) is 7.38. The molecule has 0 aliphatic carbocycles. The van der Waals surface area contributed by atoms with E-state index in [4.69, 9.17) is 9.72 Å². The Balaban J connectivity index is 1.31. The van der Waals surface area contributed by atoms with E-state index in [-0.39, 0.29) is 18.1 Å². The molecular weight excluding hydrogens is 408 g/mol. The molecule has 7 heteroatoms. The lowest BCUT2D eigenvalue weighted by Crippen LogP contribution is -2.49. The smallest absolute Gasteiger partial charge is 0.239 e. The Morgan fingerprint density at radius 1 is 1.13 bits per heavy atom. The van der Waals surface area contributed by atoms with Crippen LogP contribution in [0.2, 0.25) is 0 Å². The highest BCUT2D eigenvalue weighted by Crippen LogP contribution is 2.22. The minimum Gasteiger partial charge on any atom is -0.375 e. The average molecular weight is 443 g/mol. The third kappa shape index (κ3) is 5.34. The molecule has 1 aromatic heterocycles. The molecule has 3 heterocycles. The number of benzene rings is 1. The zero-order valence-corrected chi connectivity index (χ0v) is 19.7. The maximum absolute atomic E-state index is 13.2. The van der Waals surface area contributed by atoms with E-state index in [1.54, 1.807) is 18.4 Å². The van der Waals surface area contributed by atoms with Gasteiger partial charge < -0.3 is 9.64 Å². The lowest BCUT2D eigenvalue weighted by atomic mass is 9.99. The highest BCUT2D eigenvalue weighted by molar-refractivity contribution is 7.09. The van der Waals surface area contributed by atoms with Crippen molar-refractivity contribution in [1.29, 1.82) is 0 Å². The predicted molar refractivity (Wildman–Crippen MR) is 124 cm³/mol. The van der Waals surface area contributed by atoms with Gasteiger partial charge >= 0.3 is 0 Å². The second kappa shape index (κ2) is 10.2. The molecule has 1 amide bonds. The van der Waals surface area contributed by atoms with Crippen LogP contribution in [0.1, 0.15) is 48.2 Å². The number of hydrogen-bond donors (Lipinski definition) is 0. The molecule has 168 valence electrons. The second-order valence-corrected chi connectivity index (χ2v) is 9.56. The van der Waals surface area contributed by atoms with E-state index in [0.717, 1.165) is 69.4 Å². The molecule has 0 N–H and O–H groups in total. The number of methoxy groups -OCH3 is 1. The zero-order valence-electron chi connectivity index (χ0n) is 18.9. The molecule has 4 rings (SSSR count). The summed E-state index contributed by atoms with van der Waals surface area (Å²) < 4.78 is 5.38. The minimum absolute atomic E-state index is 0.0481. The van der Waals surface area contributed by atoms with Gasteiger partial charge in [0.15, 0.2) is 0 Å². The predicted octanol–water partition coefficient (Wildman–Crippen LogP) is 3.33. The van der Waals surface area contributed by atoms with Crippen molar-refractivity contribution in [2.45, 2.75) is 51.9 Å². The first-order chi connectivity index (χ1) is 15.0. The Labute approximate surface area is 189 Å². The van der Waals surface area contributed by atoms with E-state index in [0.29, 0.717) is 0 Å². The summed E-state index contributed by atoms with van der Waals surface area (Å²) in [4.78, 5) is 24.9. The summed E-state index contributed by atoms with van der Waals surface area (Å²) in [6, 6.07) is 8.43. The van der Waals surface area contributed by atoms with Crippen molar-refractivity contribution in [3.8, 4) is 0 Å². The third-order valence-corrected chi connectivity index (χ3v) is 7.68. The molecule has 1 saturated heterocycles. The highest BCUT2D eigenvalue weighted by Gasteiger charge is 2.29. The van der Waals surface area contributed by atoms with Crippen LogP contribution in [0, 0.1) is 0 Å². The van der Waals surface area contributed by atoms with Crippen molar-refractivity contribution in [2.24, 2.45) is 0 Å². The Morgan fingerprint density at radius 2 is 1.94 bits per heavy atom. The number of carbonyl (C=O) groups excluding carboxylic acids is 1. The van der Waals surface area contributed by atoms with Crippen molar-refractivity contribution in [2.75, 3.05) is 39.8 Å². The minimum atomic E-state index is -0.0707. The number of carbonyl (C=O) groups is 1. The van der Waals surface area contributed by atoms with E-state index >= 15 is 0 Å². The first kappa shape index (κ1) is 22.4. The molecule has 0 saturated carbocycles. The Hall–Kier alpha value is -1.80. The number of fused-ring (bicyclic) bond motifs is 1. The van der Waals surface area contributed by atoms with Crippen molar-refractivity contribution >= 4 is 17.2 Å². The third-order valence-electron chi connectivity index (χ3n) is 6.63. The number of ether oxygens (including phenoxy) is 1. The largest absolute Gasteiger partial charge is 0.375 e. The SMILES string of the molecule is COC(C)c1nc(CN2CCCN(C(C)C(=O)N3CCc4ccccc4C3)CC2)cs1. The van der Waals surface area contributed by atoms with Crippen LogP contribution in [0.25, 0.3) is 0 Å². The highest BCUT2D eigenvalue weighted by atomic mass is 32.1. The Morgan fingerprint density at radius 3 is 2.74 bits per heavy atom. The number of hydrogen-bond acceptors (Lipinski definition) is 6. The van der Waals surface area contributed by atoms with Crippen molar-refractivity contribution in [3.05, 3.63) is 51.5 Å². The number of rotatable bonds is 6.